The Labute approximate surface area is 205 Å². The predicted octanol–water partition coefficient (Wildman–Crippen LogP) is 3.69. The predicted molar refractivity (Wildman–Crippen MR) is 133 cm³/mol. The van der Waals surface area contributed by atoms with Gasteiger partial charge in [0.05, 0.1) is 0 Å². The fourth-order valence-corrected chi connectivity index (χ4v) is 5.70. The van der Waals surface area contributed by atoms with Crippen LogP contribution in [0.4, 0.5) is 0 Å². The topological polar surface area (TPSA) is 98.4 Å². The molecule has 2 atom stereocenters. The summed E-state index contributed by atoms with van der Waals surface area (Å²) in [6, 6.07) is 18.5. The Kier molecular flexibility index (Phi) is 6.32. The normalized spacial score (nSPS) is 20.0. The molecule has 172 valence electrons. The SMILES string of the molecule is Cc1snnc1/C=C\C1=C(C(=O)OC(c2ccccc2)c2ccccc2)N2C(=O)C(N)[C@@H]2SC1. The monoisotopic (exact) mass is 490 g/mol. The van der Waals surface area contributed by atoms with E-state index in [1.165, 1.54) is 28.2 Å². The van der Waals surface area contributed by atoms with Gasteiger partial charge in [-0.3, -0.25) is 9.69 Å². The second kappa shape index (κ2) is 9.54. The van der Waals surface area contributed by atoms with Crippen LogP contribution in [-0.4, -0.2) is 43.5 Å². The first-order valence-electron chi connectivity index (χ1n) is 10.8. The van der Waals surface area contributed by atoms with Crippen LogP contribution in [0.1, 0.15) is 27.8 Å². The quantitative estimate of drug-likeness (QED) is 0.416. The van der Waals surface area contributed by atoms with Crippen molar-refractivity contribution in [3.63, 3.8) is 0 Å². The summed E-state index contributed by atoms with van der Waals surface area (Å²) in [6.45, 7) is 1.93. The number of carbonyl (C=O) groups is 2. The van der Waals surface area contributed by atoms with E-state index in [2.05, 4.69) is 9.59 Å². The largest absolute Gasteiger partial charge is 0.448 e. The highest BCUT2D eigenvalue weighted by Crippen LogP contribution is 2.41. The van der Waals surface area contributed by atoms with E-state index in [4.69, 9.17) is 10.5 Å². The minimum atomic E-state index is -0.623. The van der Waals surface area contributed by atoms with Crippen molar-refractivity contribution >= 4 is 41.2 Å². The Hall–Kier alpha value is -3.27. The van der Waals surface area contributed by atoms with Crippen LogP contribution in [0.2, 0.25) is 0 Å². The number of nitrogens with zero attached hydrogens (tertiary/aromatic N) is 3. The second-order valence-corrected chi connectivity index (χ2v) is 10.0. The Morgan fingerprint density at radius 3 is 2.35 bits per heavy atom. The van der Waals surface area contributed by atoms with E-state index in [-0.39, 0.29) is 17.0 Å². The van der Waals surface area contributed by atoms with Crippen molar-refractivity contribution in [3.8, 4) is 0 Å². The number of fused-ring (bicyclic) bond motifs is 1. The molecule has 1 saturated heterocycles. The summed E-state index contributed by atoms with van der Waals surface area (Å²) in [4.78, 5) is 28.8. The third-order valence-electron chi connectivity index (χ3n) is 5.79. The van der Waals surface area contributed by atoms with Gasteiger partial charge in [-0.05, 0) is 41.2 Å². The van der Waals surface area contributed by atoms with E-state index in [1.807, 2.05) is 79.7 Å². The van der Waals surface area contributed by atoms with Gasteiger partial charge in [-0.1, -0.05) is 71.2 Å². The Morgan fingerprint density at radius 2 is 1.76 bits per heavy atom. The standard InChI is InChI=1S/C25H22N4O3S2/c1-15-19(27-28-34-15)13-12-18-14-33-24-20(26)23(30)29(24)21(18)25(31)32-22(16-8-4-2-5-9-16)17-10-6-3-7-11-17/h2-13,20,22,24H,14,26H2,1H3/b13-12-/t20?,24-/m0/s1. The fourth-order valence-electron chi connectivity index (χ4n) is 3.98. The van der Waals surface area contributed by atoms with Gasteiger partial charge in [0.1, 0.15) is 22.8 Å². The molecule has 0 aliphatic carbocycles. The molecule has 3 heterocycles. The molecule has 5 rings (SSSR count). The van der Waals surface area contributed by atoms with Crippen LogP contribution in [0.3, 0.4) is 0 Å². The molecular formula is C25H22N4O3S2. The summed E-state index contributed by atoms with van der Waals surface area (Å²) in [7, 11) is 0. The summed E-state index contributed by atoms with van der Waals surface area (Å²) in [6.07, 6.45) is 3.02. The molecule has 0 spiro atoms. The number of allylic oxidation sites excluding steroid dienone is 1. The Morgan fingerprint density at radius 1 is 1.12 bits per heavy atom. The van der Waals surface area contributed by atoms with Gasteiger partial charge in [-0.15, -0.1) is 16.9 Å². The van der Waals surface area contributed by atoms with Gasteiger partial charge >= 0.3 is 5.97 Å². The fraction of sp³-hybridized carbons (Fsp3) is 0.200. The molecule has 0 radical (unpaired) electrons. The Bertz CT molecular complexity index is 1230. The maximum atomic E-state index is 13.7. The maximum Gasteiger partial charge on any atom is 0.356 e. The summed E-state index contributed by atoms with van der Waals surface area (Å²) < 4.78 is 10.0. The highest BCUT2D eigenvalue weighted by Gasteiger charge is 2.52. The van der Waals surface area contributed by atoms with Crippen LogP contribution >= 0.6 is 23.3 Å². The molecule has 1 fully saturated rings. The molecule has 1 unspecified atom stereocenters. The van der Waals surface area contributed by atoms with Crippen molar-refractivity contribution < 1.29 is 14.3 Å². The number of nitrogens with two attached hydrogens (primary N) is 1. The lowest BCUT2D eigenvalue weighted by molar-refractivity contribution is -0.153. The average molecular weight is 491 g/mol. The Balaban J connectivity index is 1.52. The van der Waals surface area contributed by atoms with Gasteiger partial charge < -0.3 is 10.5 Å². The highest BCUT2D eigenvalue weighted by atomic mass is 32.2. The van der Waals surface area contributed by atoms with E-state index in [0.29, 0.717) is 11.3 Å². The molecule has 2 N–H and O–H groups in total. The lowest BCUT2D eigenvalue weighted by atomic mass is 10.0. The van der Waals surface area contributed by atoms with Crippen molar-refractivity contribution in [3.05, 3.63) is 99.7 Å². The minimum Gasteiger partial charge on any atom is -0.448 e. The number of carbonyl (C=O) groups excluding carboxylic acids is 2. The molecule has 2 aliphatic heterocycles. The number of hydrogen-bond donors (Lipinski definition) is 1. The molecule has 9 heteroatoms. The van der Waals surface area contributed by atoms with E-state index in [9.17, 15) is 9.59 Å². The lowest BCUT2D eigenvalue weighted by Crippen LogP contribution is -2.68. The summed E-state index contributed by atoms with van der Waals surface area (Å²) in [5.74, 6) is -0.310. The van der Waals surface area contributed by atoms with Crippen LogP contribution in [0, 0.1) is 6.92 Å². The molecule has 0 saturated carbocycles. The molecule has 2 aromatic carbocycles. The molecule has 0 bridgehead atoms. The molecule has 2 aliphatic rings. The summed E-state index contributed by atoms with van der Waals surface area (Å²) >= 11 is 2.85. The number of ether oxygens (including phenoxy) is 1. The van der Waals surface area contributed by atoms with Crippen LogP contribution in [0.15, 0.2) is 78.0 Å². The molecule has 34 heavy (non-hydrogen) atoms. The van der Waals surface area contributed by atoms with Crippen LogP contribution in [0.5, 0.6) is 0 Å². The van der Waals surface area contributed by atoms with Gasteiger partial charge in [0.2, 0.25) is 5.91 Å². The molecule has 1 amide bonds. The third kappa shape index (κ3) is 4.18. The van der Waals surface area contributed by atoms with E-state index >= 15 is 0 Å². The number of amides is 1. The number of β-lactam (4-membered cyclic amide) rings is 1. The van der Waals surface area contributed by atoms with Gasteiger partial charge in [0.25, 0.3) is 0 Å². The third-order valence-corrected chi connectivity index (χ3v) is 7.76. The van der Waals surface area contributed by atoms with Crippen molar-refractivity contribution in [2.75, 3.05) is 5.75 Å². The zero-order valence-corrected chi connectivity index (χ0v) is 20.0. The summed E-state index contributed by atoms with van der Waals surface area (Å²) in [5.41, 5.74) is 9.37. The first-order valence-corrected chi connectivity index (χ1v) is 12.6. The zero-order valence-electron chi connectivity index (χ0n) is 18.3. The second-order valence-electron chi connectivity index (χ2n) is 7.96. The molecular weight excluding hydrogens is 468 g/mol. The minimum absolute atomic E-state index is 0.240. The van der Waals surface area contributed by atoms with Crippen LogP contribution in [-0.2, 0) is 14.3 Å². The van der Waals surface area contributed by atoms with Crippen LogP contribution < -0.4 is 5.73 Å². The van der Waals surface area contributed by atoms with E-state index in [1.54, 1.807) is 0 Å². The number of thioether (sulfide) groups is 1. The average Bonchev–Trinajstić information content (AvgIpc) is 3.30. The molecule has 3 aromatic rings. The number of aromatic nitrogens is 2. The van der Waals surface area contributed by atoms with E-state index < -0.39 is 18.1 Å². The number of hydrogen-bond acceptors (Lipinski definition) is 8. The maximum absolute atomic E-state index is 13.7. The van der Waals surface area contributed by atoms with Crippen molar-refractivity contribution in [1.82, 2.24) is 14.5 Å². The van der Waals surface area contributed by atoms with Gasteiger partial charge in [-0.25, -0.2) is 4.79 Å². The molecule has 1 aromatic heterocycles. The van der Waals surface area contributed by atoms with Gasteiger partial charge in [-0.2, -0.15) is 0 Å². The number of rotatable bonds is 6. The van der Waals surface area contributed by atoms with Gasteiger partial charge in [0, 0.05) is 10.6 Å². The van der Waals surface area contributed by atoms with E-state index in [0.717, 1.165) is 21.7 Å². The zero-order chi connectivity index (χ0) is 23.7. The van der Waals surface area contributed by atoms with Crippen molar-refractivity contribution in [2.24, 2.45) is 5.73 Å². The van der Waals surface area contributed by atoms with Crippen molar-refractivity contribution in [1.29, 1.82) is 0 Å². The number of esters is 1. The van der Waals surface area contributed by atoms with Gasteiger partial charge in [0.15, 0.2) is 6.10 Å². The lowest BCUT2D eigenvalue weighted by Gasteiger charge is -2.48. The first kappa shape index (κ1) is 22.5. The summed E-state index contributed by atoms with van der Waals surface area (Å²) in [5, 5.41) is 3.83. The first-order chi connectivity index (χ1) is 16.5. The highest BCUT2D eigenvalue weighted by molar-refractivity contribution is 8.00. The van der Waals surface area contributed by atoms with Crippen LogP contribution in [0.25, 0.3) is 6.08 Å². The van der Waals surface area contributed by atoms with Crippen molar-refractivity contribution in [2.45, 2.75) is 24.4 Å². The number of aryl methyl sites for hydroxylation is 1. The molecule has 7 nitrogen and oxygen atoms in total. The number of benzene rings is 2. The smallest absolute Gasteiger partial charge is 0.356 e.